The Hall–Kier alpha value is 0.759. The molecule has 10 heavy (non-hydrogen) atoms. The van der Waals surface area contributed by atoms with Crippen LogP contribution in [0.1, 0.15) is 39.5 Å². The quantitative estimate of drug-likeness (QED) is 0.510. The number of hydrogen-bond acceptors (Lipinski definition) is 0. The minimum atomic E-state index is -0.159. The van der Waals surface area contributed by atoms with E-state index >= 15 is 0 Å². The van der Waals surface area contributed by atoms with E-state index in [1.165, 1.54) is 25.7 Å². The van der Waals surface area contributed by atoms with E-state index in [1.54, 1.807) is 8.87 Å². The zero-order valence-electron chi connectivity index (χ0n) is 7.45. The Labute approximate surface area is 75.1 Å². The van der Waals surface area contributed by atoms with Crippen LogP contribution in [0.15, 0.2) is 0 Å². The Morgan fingerprint density at radius 2 is 1.30 bits per heavy atom. The molecule has 0 aromatic carbocycles. The van der Waals surface area contributed by atoms with Gasteiger partial charge in [-0.2, -0.15) is 0 Å². The molecule has 0 aliphatic carbocycles. The Morgan fingerprint density at radius 1 is 0.900 bits per heavy atom. The molecule has 0 rings (SSSR count). The van der Waals surface area contributed by atoms with E-state index in [4.69, 9.17) is 0 Å². The molecular formula is C8H22OSn. The molecule has 64 valence electrons. The summed E-state index contributed by atoms with van der Waals surface area (Å²) in [6.45, 7) is 4.59. The van der Waals surface area contributed by atoms with Gasteiger partial charge in [0.2, 0.25) is 0 Å². The van der Waals surface area contributed by atoms with Crippen LogP contribution in [0, 0.1) is 0 Å². The predicted octanol–water partition coefficient (Wildman–Crippen LogP) is 1.77. The molecule has 0 saturated carbocycles. The van der Waals surface area contributed by atoms with Crippen molar-refractivity contribution >= 4 is 21.1 Å². The molecule has 0 unspecified atom stereocenters. The summed E-state index contributed by atoms with van der Waals surface area (Å²) < 4.78 is 3.33. The zero-order valence-corrected chi connectivity index (χ0v) is 11.5. The Balaban J connectivity index is 0. The van der Waals surface area contributed by atoms with Gasteiger partial charge in [-0.1, -0.05) is 0 Å². The maximum Gasteiger partial charge on any atom is -0.412 e. The molecule has 0 fully saturated rings. The summed E-state index contributed by atoms with van der Waals surface area (Å²) in [6, 6.07) is 0. The van der Waals surface area contributed by atoms with E-state index in [1.807, 2.05) is 0 Å². The predicted molar refractivity (Wildman–Crippen MR) is 51.6 cm³/mol. The van der Waals surface area contributed by atoms with Crippen molar-refractivity contribution in [2.75, 3.05) is 0 Å². The van der Waals surface area contributed by atoms with Gasteiger partial charge in [-0.15, -0.1) is 0 Å². The second-order valence-electron chi connectivity index (χ2n) is 2.77. The zero-order chi connectivity index (χ0) is 6.95. The standard InChI is InChI=1S/2C4H9.H2O.Sn.2H/c2*1-3-4-2;;;;/h2*1,3-4H2,2H3;1H2;;;. The number of unbranched alkanes of at least 4 members (excludes halogenated alkanes) is 2. The van der Waals surface area contributed by atoms with Gasteiger partial charge in [0.05, 0.1) is 0 Å². The number of rotatable bonds is 6. The van der Waals surface area contributed by atoms with Crippen molar-refractivity contribution < 1.29 is 5.48 Å². The first-order valence-corrected chi connectivity index (χ1v) is 10.1. The van der Waals surface area contributed by atoms with E-state index < -0.39 is 0 Å². The van der Waals surface area contributed by atoms with E-state index in [9.17, 15) is 0 Å². The van der Waals surface area contributed by atoms with Crippen LogP contribution in [0.4, 0.5) is 0 Å². The third-order valence-electron chi connectivity index (χ3n) is 1.71. The molecule has 0 aromatic heterocycles. The average molecular weight is 253 g/mol. The minimum absolute atomic E-state index is 0. The van der Waals surface area contributed by atoms with E-state index in [0.29, 0.717) is 0 Å². The van der Waals surface area contributed by atoms with Gasteiger partial charge in [-0.05, 0) is 0 Å². The maximum atomic E-state index is 2.30. The largest absolute Gasteiger partial charge is 0.412 e. The van der Waals surface area contributed by atoms with Crippen LogP contribution < -0.4 is 0 Å². The van der Waals surface area contributed by atoms with Gasteiger partial charge in [0, 0.05) is 0 Å². The fourth-order valence-corrected chi connectivity index (χ4v) is 6.91. The molecule has 0 bridgehead atoms. The summed E-state index contributed by atoms with van der Waals surface area (Å²) in [5, 5.41) is 0. The molecule has 0 spiro atoms. The van der Waals surface area contributed by atoms with Gasteiger partial charge in [0.15, 0.2) is 0 Å². The summed E-state index contributed by atoms with van der Waals surface area (Å²) in [4.78, 5) is 0. The van der Waals surface area contributed by atoms with Crippen molar-refractivity contribution in [1.29, 1.82) is 0 Å². The molecule has 2 N–H and O–H groups in total. The summed E-state index contributed by atoms with van der Waals surface area (Å²) in [5.41, 5.74) is 0. The Morgan fingerprint density at radius 3 is 1.60 bits per heavy atom. The van der Waals surface area contributed by atoms with Gasteiger partial charge in [0.25, 0.3) is 0 Å². The van der Waals surface area contributed by atoms with Crippen LogP contribution in [0.2, 0.25) is 8.87 Å². The molecule has 0 heterocycles. The molecule has 0 aromatic rings. The minimum Gasteiger partial charge on any atom is -0.412 e. The van der Waals surface area contributed by atoms with Gasteiger partial charge in [0.1, 0.15) is 0 Å². The van der Waals surface area contributed by atoms with Crippen molar-refractivity contribution in [2.45, 2.75) is 48.4 Å². The average Bonchev–Trinajstić information content (AvgIpc) is 1.89. The van der Waals surface area contributed by atoms with Gasteiger partial charge in [-0.3, -0.25) is 0 Å². The molecule has 0 radical (unpaired) electrons. The fraction of sp³-hybridized carbons (Fsp3) is 1.00. The third-order valence-corrected chi connectivity index (χ3v) is 7.42. The Bertz CT molecular complexity index is 42.5. The molecule has 0 saturated heterocycles. The van der Waals surface area contributed by atoms with Crippen molar-refractivity contribution in [2.24, 2.45) is 0 Å². The Kier molecular flexibility index (Phi) is 16.6. The van der Waals surface area contributed by atoms with E-state index in [-0.39, 0.29) is 26.6 Å². The molecule has 0 aliphatic rings. The summed E-state index contributed by atoms with van der Waals surface area (Å²) in [6.07, 6.45) is 5.89. The molecular weight excluding hydrogens is 231 g/mol. The third kappa shape index (κ3) is 11.5. The SMILES string of the molecule is CCC[CH2][SnH2][CH2]CCC.O. The van der Waals surface area contributed by atoms with Gasteiger partial charge in [-0.25, -0.2) is 0 Å². The van der Waals surface area contributed by atoms with Crippen molar-refractivity contribution in [3.05, 3.63) is 0 Å². The van der Waals surface area contributed by atoms with Crippen LogP contribution in [0.25, 0.3) is 0 Å². The van der Waals surface area contributed by atoms with Crippen LogP contribution in [0.3, 0.4) is 0 Å². The molecule has 0 amide bonds. The van der Waals surface area contributed by atoms with Crippen LogP contribution in [-0.4, -0.2) is 26.6 Å². The first-order valence-electron chi connectivity index (χ1n) is 4.41. The van der Waals surface area contributed by atoms with Crippen LogP contribution in [-0.2, 0) is 0 Å². The second kappa shape index (κ2) is 12.4. The van der Waals surface area contributed by atoms with E-state index in [0.717, 1.165) is 0 Å². The second-order valence-corrected chi connectivity index (χ2v) is 8.82. The first-order chi connectivity index (χ1) is 4.41. The monoisotopic (exact) mass is 254 g/mol. The smallest absolute Gasteiger partial charge is 0.412 e. The van der Waals surface area contributed by atoms with Crippen molar-refractivity contribution in [3.63, 3.8) is 0 Å². The van der Waals surface area contributed by atoms with Gasteiger partial charge < -0.3 is 5.48 Å². The topological polar surface area (TPSA) is 31.5 Å². The summed E-state index contributed by atoms with van der Waals surface area (Å²) >= 11 is -0.159. The molecule has 1 nitrogen and oxygen atoms in total. The van der Waals surface area contributed by atoms with E-state index in [2.05, 4.69) is 13.8 Å². The maximum absolute atomic E-state index is 2.30. The molecule has 2 heteroatoms. The normalized spacial score (nSPS) is 9.00. The van der Waals surface area contributed by atoms with Gasteiger partial charge >= 0.3 is 69.5 Å². The van der Waals surface area contributed by atoms with Crippen LogP contribution in [0.5, 0.6) is 0 Å². The fourth-order valence-electron chi connectivity index (χ4n) is 1.03. The number of hydrogen-bond donors (Lipinski definition) is 0. The van der Waals surface area contributed by atoms with Crippen molar-refractivity contribution in [1.82, 2.24) is 0 Å². The summed E-state index contributed by atoms with van der Waals surface area (Å²) in [7, 11) is 0. The van der Waals surface area contributed by atoms with Crippen LogP contribution >= 0.6 is 0 Å². The van der Waals surface area contributed by atoms with Crippen molar-refractivity contribution in [3.8, 4) is 0 Å². The first kappa shape index (κ1) is 13.4. The molecule has 0 aliphatic heterocycles. The molecule has 0 atom stereocenters. The summed E-state index contributed by atoms with van der Waals surface area (Å²) in [5.74, 6) is 0.